The molecule has 9 heteroatoms. The summed E-state index contributed by atoms with van der Waals surface area (Å²) in [7, 11) is -2.80. The molecular weight excluding hydrogens is 305 g/mol. The van der Waals surface area contributed by atoms with E-state index in [9.17, 15) is 17.6 Å². The lowest BCUT2D eigenvalue weighted by Gasteiger charge is -2.21. The molecule has 0 aliphatic carbocycles. The zero-order chi connectivity index (χ0) is 16.0. The van der Waals surface area contributed by atoms with Gasteiger partial charge in [-0.2, -0.15) is 4.31 Å². The third-order valence-electron chi connectivity index (χ3n) is 2.69. The number of aliphatic hydroxyl groups is 1. The molecule has 0 saturated heterocycles. The van der Waals surface area contributed by atoms with E-state index in [4.69, 9.17) is 14.9 Å². The Labute approximate surface area is 121 Å². The molecule has 0 heterocycles. The molecule has 7 nitrogen and oxygen atoms in total. The zero-order valence-electron chi connectivity index (χ0n) is 11.3. The molecule has 0 aliphatic heterocycles. The van der Waals surface area contributed by atoms with Crippen molar-refractivity contribution in [3.63, 3.8) is 0 Å². The first-order valence-electron chi connectivity index (χ1n) is 5.97. The van der Waals surface area contributed by atoms with E-state index in [0.717, 1.165) is 16.4 Å². The summed E-state index contributed by atoms with van der Waals surface area (Å²) in [5, 5.41) is 17.7. The Kier molecular flexibility index (Phi) is 6.21. The molecule has 21 heavy (non-hydrogen) atoms. The topological polar surface area (TPSA) is 104 Å². The molecule has 1 rings (SSSR count). The van der Waals surface area contributed by atoms with Crippen LogP contribution in [0.2, 0.25) is 0 Å². The number of sulfonamides is 1. The predicted octanol–water partition coefficient (Wildman–Crippen LogP) is 0.153. The lowest BCUT2D eigenvalue weighted by molar-refractivity contribution is 0.0696. The molecule has 0 radical (unpaired) electrons. The molecule has 0 bridgehead atoms. The van der Waals surface area contributed by atoms with E-state index >= 15 is 0 Å². The fourth-order valence-corrected chi connectivity index (χ4v) is 3.10. The van der Waals surface area contributed by atoms with Crippen LogP contribution in [0.15, 0.2) is 23.1 Å². The molecular formula is C12H16FNO6S. The summed E-state index contributed by atoms with van der Waals surface area (Å²) in [5.74, 6) is -2.51. The Hall–Kier alpha value is -1.55. The lowest BCUT2D eigenvalue weighted by atomic mass is 10.2. The number of hydrogen-bond donors (Lipinski definition) is 2. The van der Waals surface area contributed by atoms with Crippen LogP contribution >= 0.6 is 0 Å². The minimum atomic E-state index is -4.18. The van der Waals surface area contributed by atoms with Gasteiger partial charge in [0, 0.05) is 20.2 Å². The van der Waals surface area contributed by atoms with Gasteiger partial charge < -0.3 is 14.9 Å². The second-order valence-corrected chi connectivity index (χ2v) is 5.98. The second kappa shape index (κ2) is 7.46. The van der Waals surface area contributed by atoms with E-state index in [-0.39, 0.29) is 25.3 Å². The van der Waals surface area contributed by atoms with Crippen molar-refractivity contribution >= 4 is 16.0 Å². The highest BCUT2D eigenvalue weighted by Crippen LogP contribution is 2.20. The fraction of sp³-hybridized carbons (Fsp3) is 0.417. The standard InChI is InChI=1S/C12H16FNO6S/c1-20-7-5-14(4-6-15)21(18,19)11-3-2-9(12(16)17)8-10(11)13/h2-3,8,15H,4-7H2,1H3,(H,16,17). The monoisotopic (exact) mass is 321 g/mol. The van der Waals surface area contributed by atoms with Crippen molar-refractivity contribution in [3.05, 3.63) is 29.6 Å². The smallest absolute Gasteiger partial charge is 0.335 e. The Morgan fingerprint density at radius 2 is 2.05 bits per heavy atom. The van der Waals surface area contributed by atoms with Crippen LogP contribution in [0.5, 0.6) is 0 Å². The summed E-state index contributed by atoms with van der Waals surface area (Å²) in [4.78, 5) is 10.1. The number of halogens is 1. The Morgan fingerprint density at radius 1 is 1.38 bits per heavy atom. The van der Waals surface area contributed by atoms with Gasteiger partial charge in [0.05, 0.1) is 18.8 Å². The summed E-state index contributed by atoms with van der Waals surface area (Å²) < 4.78 is 44.1. The van der Waals surface area contributed by atoms with Crippen molar-refractivity contribution < 1.29 is 32.6 Å². The zero-order valence-corrected chi connectivity index (χ0v) is 12.1. The molecule has 0 atom stereocenters. The van der Waals surface area contributed by atoms with Crippen molar-refractivity contribution in [2.24, 2.45) is 0 Å². The van der Waals surface area contributed by atoms with Gasteiger partial charge in [0.2, 0.25) is 10.0 Å². The van der Waals surface area contributed by atoms with Gasteiger partial charge in [-0.05, 0) is 18.2 Å². The number of carboxylic acids is 1. The van der Waals surface area contributed by atoms with Gasteiger partial charge in [-0.1, -0.05) is 0 Å². The van der Waals surface area contributed by atoms with Crippen molar-refractivity contribution in [1.82, 2.24) is 4.31 Å². The molecule has 1 aromatic carbocycles. The number of hydrogen-bond acceptors (Lipinski definition) is 5. The maximum Gasteiger partial charge on any atom is 0.335 e. The van der Waals surface area contributed by atoms with E-state index in [1.807, 2.05) is 0 Å². The lowest BCUT2D eigenvalue weighted by Crippen LogP contribution is -2.36. The Bertz CT molecular complexity index is 604. The Morgan fingerprint density at radius 3 is 2.52 bits per heavy atom. The van der Waals surface area contributed by atoms with Crippen LogP contribution in [-0.4, -0.2) is 62.3 Å². The number of nitrogens with zero attached hydrogens (tertiary/aromatic N) is 1. The number of carboxylic acid groups (broad SMARTS) is 1. The number of rotatable bonds is 8. The second-order valence-electron chi connectivity index (χ2n) is 4.07. The minimum absolute atomic E-state index is 0.0560. The quantitative estimate of drug-likeness (QED) is 0.706. The third-order valence-corrected chi connectivity index (χ3v) is 4.62. The molecule has 0 fully saturated rings. The summed E-state index contributed by atoms with van der Waals surface area (Å²) in [6, 6.07) is 2.54. The summed E-state index contributed by atoms with van der Waals surface area (Å²) >= 11 is 0. The Balaban J connectivity index is 3.18. The van der Waals surface area contributed by atoms with Crippen LogP contribution in [0, 0.1) is 5.82 Å². The van der Waals surface area contributed by atoms with Gasteiger partial charge in [0.25, 0.3) is 0 Å². The first-order valence-corrected chi connectivity index (χ1v) is 7.41. The average molecular weight is 321 g/mol. The third kappa shape index (κ3) is 4.21. The van der Waals surface area contributed by atoms with Gasteiger partial charge in [-0.15, -0.1) is 0 Å². The molecule has 1 aromatic rings. The predicted molar refractivity (Wildman–Crippen MR) is 71.1 cm³/mol. The summed E-state index contributed by atoms with van der Waals surface area (Å²) in [6.07, 6.45) is 0. The first kappa shape index (κ1) is 17.5. The number of benzene rings is 1. The number of methoxy groups -OCH3 is 1. The normalized spacial score (nSPS) is 11.8. The largest absolute Gasteiger partial charge is 0.478 e. The van der Waals surface area contributed by atoms with E-state index in [2.05, 4.69) is 0 Å². The van der Waals surface area contributed by atoms with Crippen LogP contribution in [0.3, 0.4) is 0 Å². The van der Waals surface area contributed by atoms with Crippen molar-refractivity contribution in [2.75, 3.05) is 33.4 Å². The van der Waals surface area contributed by atoms with Crippen LogP contribution < -0.4 is 0 Å². The number of aromatic carboxylic acids is 1. The van der Waals surface area contributed by atoms with Gasteiger partial charge >= 0.3 is 5.97 Å². The molecule has 0 spiro atoms. The number of ether oxygens (including phenoxy) is 1. The van der Waals surface area contributed by atoms with E-state index < -0.39 is 33.3 Å². The minimum Gasteiger partial charge on any atom is -0.478 e. The van der Waals surface area contributed by atoms with Crippen molar-refractivity contribution in [2.45, 2.75) is 4.90 Å². The van der Waals surface area contributed by atoms with Gasteiger partial charge in [0.1, 0.15) is 10.7 Å². The molecule has 118 valence electrons. The summed E-state index contributed by atoms with van der Waals surface area (Å²) in [6.45, 7) is -0.628. The van der Waals surface area contributed by atoms with E-state index in [0.29, 0.717) is 6.07 Å². The van der Waals surface area contributed by atoms with Crippen LogP contribution in [0.25, 0.3) is 0 Å². The number of aliphatic hydroxyl groups excluding tert-OH is 1. The summed E-state index contributed by atoms with van der Waals surface area (Å²) in [5.41, 5.74) is -0.350. The SMILES string of the molecule is COCCN(CCO)S(=O)(=O)c1ccc(C(=O)O)cc1F. The van der Waals surface area contributed by atoms with E-state index in [1.54, 1.807) is 0 Å². The molecule has 0 aromatic heterocycles. The molecule has 0 saturated carbocycles. The highest BCUT2D eigenvalue weighted by atomic mass is 32.2. The number of carbonyl (C=O) groups is 1. The van der Waals surface area contributed by atoms with Crippen LogP contribution in [0.1, 0.15) is 10.4 Å². The molecule has 2 N–H and O–H groups in total. The first-order chi connectivity index (χ1) is 9.84. The van der Waals surface area contributed by atoms with Gasteiger partial charge in [-0.25, -0.2) is 17.6 Å². The van der Waals surface area contributed by atoms with Gasteiger partial charge in [-0.3, -0.25) is 0 Å². The van der Waals surface area contributed by atoms with Gasteiger partial charge in [0.15, 0.2) is 0 Å². The van der Waals surface area contributed by atoms with Crippen LogP contribution in [0.4, 0.5) is 4.39 Å². The maximum atomic E-state index is 13.9. The van der Waals surface area contributed by atoms with Crippen LogP contribution in [-0.2, 0) is 14.8 Å². The molecule has 0 unspecified atom stereocenters. The average Bonchev–Trinajstić information content (AvgIpc) is 2.42. The molecule has 0 amide bonds. The fourth-order valence-electron chi connectivity index (χ4n) is 1.64. The van der Waals surface area contributed by atoms with Crippen molar-refractivity contribution in [3.8, 4) is 0 Å². The molecule has 0 aliphatic rings. The highest BCUT2D eigenvalue weighted by Gasteiger charge is 2.27. The van der Waals surface area contributed by atoms with Crippen molar-refractivity contribution in [1.29, 1.82) is 0 Å². The maximum absolute atomic E-state index is 13.9. The highest BCUT2D eigenvalue weighted by molar-refractivity contribution is 7.89. The van der Waals surface area contributed by atoms with E-state index in [1.165, 1.54) is 7.11 Å².